The van der Waals surface area contributed by atoms with Gasteiger partial charge in [0, 0.05) is 25.7 Å². The van der Waals surface area contributed by atoms with Crippen molar-refractivity contribution in [2.75, 3.05) is 13.6 Å². The lowest BCUT2D eigenvalue weighted by molar-refractivity contribution is 0.0997. The molecule has 8 heteroatoms. The summed E-state index contributed by atoms with van der Waals surface area (Å²) < 4.78 is 30.0. The first-order valence-electron chi connectivity index (χ1n) is 11.5. The third-order valence-corrected chi connectivity index (χ3v) is 8.57. The van der Waals surface area contributed by atoms with Gasteiger partial charge in [-0.3, -0.25) is 4.79 Å². The molecular weight excluding hydrogens is 454 g/mol. The topological polar surface area (TPSA) is 71.7 Å². The number of aromatic nitrogens is 1. The molecule has 0 spiro atoms. The summed E-state index contributed by atoms with van der Waals surface area (Å²) in [4.78, 5) is 18.2. The molecule has 0 fully saturated rings. The third kappa shape index (κ3) is 5.62. The second-order valence-corrected chi connectivity index (χ2v) is 11.6. The predicted molar refractivity (Wildman–Crippen MR) is 135 cm³/mol. The van der Waals surface area contributed by atoms with Crippen molar-refractivity contribution in [2.45, 2.75) is 64.3 Å². The molecule has 0 atom stereocenters. The molecule has 0 radical (unpaired) electrons. The number of fused-ring (bicyclic) bond motifs is 1. The summed E-state index contributed by atoms with van der Waals surface area (Å²) in [6.45, 7) is 9.69. The first-order valence-corrected chi connectivity index (χ1v) is 13.7. The molecule has 0 unspecified atom stereocenters. The molecule has 0 bridgehead atoms. The highest BCUT2D eigenvalue weighted by Gasteiger charge is 2.20. The van der Waals surface area contributed by atoms with Gasteiger partial charge in [0.25, 0.3) is 5.91 Å². The van der Waals surface area contributed by atoms with E-state index < -0.39 is 10.0 Å². The van der Waals surface area contributed by atoms with Crippen molar-refractivity contribution in [3.8, 4) is 0 Å². The van der Waals surface area contributed by atoms with Gasteiger partial charge in [-0.25, -0.2) is 12.7 Å². The second-order valence-electron chi connectivity index (χ2n) is 8.54. The van der Waals surface area contributed by atoms with Gasteiger partial charge in [0.05, 0.1) is 15.1 Å². The summed E-state index contributed by atoms with van der Waals surface area (Å²) in [5.74, 6) is 0.0488. The van der Waals surface area contributed by atoms with Gasteiger partial charge >= 0.3 is 0 Å². The van der Waals surface area contributed by atoms with Gasteiger partial charge in [-0.1, -0.05) is 51.5 Å². The molecule has 3 rings (SSSR count). The van der Waals surface area contributed by atoms with E-state index in [-0.39, 0.29) is 10.8 Å². The Kier molecular flexibility index (Phi) is 8.26. The van der Waals surface area contributed by atoms with Crippen LogP contribution >= 0.6 is 11.3 Å². The van der Waals surface area contributed by atoms with Gasteiger partial charge in [0.15, 0.2) is 4.80 Å². The first kappa shape index (κ1) is 25.3. The average molecular weight is 488 g/mol. The van der Waals surface area contributed by atoms with Gasteiger partial charge in [0.2, 0.25) is 10.0 Å². The highest BCUT2D eigenvalue weighted by molar-refractivity contribution is 7.89. The van der Waals surface area contributed by atoms with Crippen LogP contribution in [0.1, 0.15) is 68.8 Å². The van der Waals surface area contributed by atoms with Crippen LogP contribution in [0.25, 0.3) is 10.2 Å². The summed E-state index contributed by atoms with van der Waals surface area (Å²) in [5, 5.41) is 0. The fourth-order valence-corrected chi connectivity index (χ4v) is 5.89. The number of carbonyl (C=O) groups excluding carboxylic acids is 1. The van der Waals surface area contributed by atoms with E-state index in [0.29, 0.717) is 22.8 Å². The van der Waals surface area contributed by atoms with Gasteiger partial charge in [-0.15, -0.1) is 0 Å². The zero-order chi connectivity index (χ0) is 24.2. The number of benzene rings is 2. The van der Waals surface area contributed by atoms with Crippen molar-refractivity contribution in [3.63, 3.8) is 0 Å². The highest BCUT2D eigenvalue weighted by Crippen LogP contribution is 2.24. The van der Waals surface area contributed by atoms with Gasteiger partial charge in [-0.2, -0.15) is 4.99 Å². The molecule has 0 aliphatic heterocycles. The van der Waals surface area contributed by atoms with Crippen LogP contribution in [-0.2, 0) is 16.6 Å². The number of sulfonamides is 1. The lowest BCUT2D eigenvalue weighted by Gasteiger charge is -2.16. The van der Waals surface area contributed by atoms with E-state index in [1.807, 2.05) is 6.92 Å². The molecule has 178 valence electrons. The Bertz CT molecular complexity index is 1290. The number of hydrogen-bond acceptors (Lipinski definition) is 4. The minimum atomic E-state index is -3.57. The van der Waals surface area contributed by atoms with E-state index in [1.165, 1.54) is 33.3 Å². The normalized spacial score (nSPS) is 12.9. The Morgan fingerprint density at radius 1 is 1.09 bits per heavy atom. The van der Waals surface area contributed by atoms with Crippen LogP contribution in [0.2, 0.25) is 0 Å². The number of thiazole rings is 1. The van der Waals surface area contributed by atoms with Gasteiger partial charge < -0.3 is 4.57 Å². The van der Waals surface area contributed by atoms with E-state index in [2.05, 4.69) is 48.5 Å². The molecule has 0 aliphatic carbocycles. The maximum absolute atomic E-state index is 12.9. The van der Waals surface area contributed by atoms with Crippen molar-refractivity contribution in [1.82, 2.24) is 8.87 Å². The van der Waals surface area contributed by atoms with Crippen LogP contribution in [0.5, 0.6) is 0 Å². The SMILES string of the molecule is CCCCN(C)S(=O)(=O)c1ccc(C(=O)N=c2sc3cc(C(C)C)ccc3n2CCC)cc1. The largest absolute Gasteiger partial charge is 0.316 e. The maximum atomic E-state index is 12.9. The van der Waals surface area contributed by atoms with E-state index in [4.69, 9.17) is 0 Å². The van der Waals surface area contributed by atoms with Crippen LogP contribution in [0.4, 0.5) is 0 Å². The van der Waals surface area contributed by atoms with Crippen molar-refractivity contribution in [3.05, 3.63) is 58.4 Å². The molecule has 6 nitrogen and oxygen atoms in total. The number of rotatable bonds is 9. The molecule has 1 heterocycles. The Hall–Kier alpha value is -2.29. The Balaban J connectivity index is 1.94. The number of aryl methyl sites for hydroxylation is 1. The minimum absolute atomic E-state index is 0.182. The zero-order valence-electron chi connectivity index (χ0n) is 20.0. The molecule has 2 aromatic carbocycles. The molecule has 0 aliphatic rings. The molecular formula is C25H33N3O3S2. The molecule has 33 heavy (non-hydrogen) atoms. The summed E-state index contributed by atoms with van der Waals surface area (Å²) in [6, 6.07) is 12.5. The van der Waals surface area contributed by atoms with E-state index in [0.717, 1.165) is 36.0 Å². The molecule has 0 saturated carbocycles. The fourth-order valence-electron chi connectivity index (χ4n) is 3.58. The molecule has 0 saturated heterocycles. The lowest BCUT2D eigenvalue weighted by Crippen LogP contribution is -2.27. The van der Waals surface area contributed by atoms with Crippen molar-refractivity contribution in [2.24, 2.45) is 4.99 Å². The second kappa shape index (κ2) is 10.8. The summed E-state index contributed by atoms with van der Waals surface area (Å²) >= 11 is 1.51. The average Bonchev–Trinajstić information content (AvgIpc) is 3.13. The number of hydrogen-bond donors (Lipinski definition) is 0. The molecule has 3 aromatic rings. The summed E-state index contributed by atoms with van der Waals surface area (Å²) in [7, 11) is -1.98. The Labute approximate surface area is 200 Å². The number of unbranched alkanes of at least 4 members (excludes halogenated alkanes) is 1. The van der Waals surface area contributed by atoms with Gasteiger partial charge in [0.1, 0.15) is 0 Å². The Morgan fingerprint density at radius 2 is 1.79 bits per heavy atom. The third-order valence-electron chi connectivity index (χ3n) is 5.65. The first-order chi connectivity index (χ1) is 15.7. The predicted octanol–water partition coefficient (Wildman–Crippen LogP) is 5.40. The van der Waals surface area contributed by atoms with Crippen LogP contribution in [0.15, 0.2) is 52.4 Å². The smallest absolute Gasteiger partial charge is 0.279 e. The molecule has 0 N–H and O–H groups in total. The summed E-state index contributed by atoms with van der Waals surface area (Å²) in [6.07, 6.45) is 2.65. The molecule has 1 aromatic heterocycles. The number of amides is 1. The van der Waals surface area contributed by atoms with Crippen LogP contribution < -0.4 is 4.80 Å². The standard InChI is InChI=1S/C25H33N3O3S2/c1-6-8-16-27(5)33(30,31)21-12-9-19(10-13-21)24(29)26-25-28(15-7-2)22-14-11-20(18(3)4)17-23(22)32-25/h9-14,17-18H,6-8,15-16H2,1-5H3. The lowest BCUT2D eigenvalue weighted by atomic mass is 10.0. The minimum Gasteiger partial charge on any atom is -0.316 e. The zero-order valence-corrected chi connectivity index (χ0v) is 21.7. The van der Waals surface area contributed by atoms with Crippen LogP contribution in [-0.4, -0.2) is 36.8 Å². The van der Waals surface area contributed by atoms with Crippen LogP contribution in [0, 0.1) is 0 Å². The maximum Gasteiger partial charge on any atom is 0.279 e. The summed E-state index contributed by atoms with van der Waals surface area (Å²) in [5.41, 5.74) is 2.70. The van der Waals surface area contributed by atoms with E-state index >= 15 is 0 Å². The molecule has 1 amide bonds. The van der Waals surface area contributed by atoms with Crippen LogP contribution in [0.3, 0.4) is 0 Å². The Morgan fingerprint density at radius 3 is 2.39 bits per heavy atom. The van der Waals surface area contributed by atoms with E-state index in [1.54, 1.807) is 19.2 Å². The van der Waals surface area contributed by atoms with Crippen molar-refractivity contribution in [1.29, 1.82) is 0 Å². The van der Waals surface area contributed by atoms with Gasteiger partial charge in [-0.05, 0) is 60.7 Å². The van der Waals surface area contributed by atoms with E-state index in [9.17, 15) is 13.2 Å². The fraction of sp³-hybridized carbons (Fsp3) is 0.440. The number of carbonyl (C=O) groups is 1. The highest BCUT2D eigenvalue weighted by atomic mass is 32.2. The number of nitrogens with zero attached hydrogens (tertiary/aromatic N) is 3. The van der Waals surface area contributed by atoms with Crippen molar-refractivity contribution >= 4 is 37.5 Å². The monoisotopic (exact) mass is 487 g/mol. The quantitative estimate of drug-likeness (QED) is 0.406. The van der Waals surface area contributed by atoms with Crippen molar-refractivity contribution < 1.29 is 13.2 Å².